The van der Waals surface area contributed by atoms with Gasteiger partial charge in [0.05, 0.1) is 10.7 Å². The fraction of sp³-hybridized carbons (Fsp3) is 0.364. The van der Waals surface area contributed by atoms with Crippen LogP contribution in [0.2, 0.25) is 5.02 Å². The number of nitrogens with zero attached hydrogens (tertiary/aromatic N) is 1. The number of anilines is 1. The van der Waals surface area contributed by atoms with Gasteiger partial charge in [-0.15, -0.1) is 0 Å². The summed E-state index contributed by atoms with van der Waals surface area (Å²) in [5.41, 5.74) is 0.166. The second kappa shape index (κ2) is 4.92. The minimum atomic E-state index is -0.506. The molecule has 3 nitrogen and oxygen atoms in total. The molecule has 2 rings (SSSR count). The average molecular weight is 323 g/mol. The minimum absolute atomic E-state index is 0.0753. The SMILES string of the molecule is O=C1CC(CO)CN1c1cc(Cl)c(Br)cc1F. The molecule has 0 radical (unpaired) electrons. The number of hydrogen-bond donors (Lipinski definition) is 1. The fourth-order valence-corrected chi connectivity index (χ4v) is 2.33. The summed E-state index contributed by atoms with van der Waals surface area (Å²) in [6, 6.07) is 2.65. The van der Waals surface area contributed by atoms with Gasteiger partial charge in [-0.25, -0.2) is 4.39 Å². The van der Waals surface area contributed by atoms with Crippen molar-refractivity contribution in [1.82, 2.24) is 0 Å². The highest BCUT2D eigenvalue weighted by atomic mass is 79.9. The van der Waals surface area contributed by atoms with Crippen LogP contribution in [0.5, 0.6) is 0 Å². The van der Waals surface area contributed by atoms with E-state index in [0.717, 1.165) is 0 Å². The molecule has 1 atom stereocenters. The van der Waals surface area contributed by atoms with Crippen LogP contribution < -0.4 is 4.90 Å². The highest BCUT2D eigenvalue weighted by Gasteiger charge is 2.31. The van der Waals surface area contributed by atoms with Gasteiger partial charge in [-0.3, -0.25) is 4.79 Å². The van der Waals surface area contributed by atoms with Gasteiger partial charge in [0.15, 0.2) is 0 Å². The van der Waals surface area contributed by atoms with Crippen LogP contribution >= 0.6 is 27.5 Å². The Morgan fingerprint density at radius 2 is 2.29 bits per heavy atom. The number of aliphatic hydroxyl groups excluding tert-OH is 1. The molecule has 1 fully saturated rings. The largest absolute Gasteiger partial charge is 0.396 e. The Hall–Kier alpha value is -0.650. The molecule has 92 valence electrons. The predicted molar refractivity (Wildman–Crippen MR) is 66.7 cm³/mol. The Labute approximate surface area is 111 Å². The zero-order valence-electron chi connectivity index (χ0n) is 8.79. The van der Waals surface area contributed by atoms with Gasteiger partial charge in [0, 0.05) is 30.0 Å². The molecule has 1 heterocycles. The van der Waals surface area contributed by atoms with E-state index in [9.17, 15) is 9.18 Å². The maximum absolute atomic E-state index is 13.7. The van der Waals surface area contributed by atoms with Crippen LogP contribution in [-0.4, -0.2) is 24.2 Å². The quantitative estimate of drug-likeness (QED) is 0.850. The Kier molecular flexibility index (Phi) is 3.70. The second-order valence-corrected chi connectivity index (χ2v) is 5.24. The Morgan fingerprint density at radius 3 is 2.88 bits per heavy atom. The molecule has 1 saturated heterocycles. The molecule has 1 aliphatic rings. The molecule has 17 heavy (non-hydrogen) atoms. The molecule has 0 spiro atoms. The number of halogens is 3. The standard InChI is InChI=1S/C11H10BrClFNO2/c12-7-2-9(14)10(3-8(7)13)15-4-6(5-16)1-11(15)17/h2-3,6,16H,1,4-5H2. The van der Waals surface area contributed by atoms with Crippen LogP contribution in [-0.2, 0) is 4.79 Å². The minimum Gasteiger partial charge on any atom is -0.396 e. The molecule has 0 bridgehead atoms. The highest BCUT2D eigenvalue weighted by Crippen LogP contribution is 2.33. The van der Waals surface area contributed by atoms with Crippen LogP contribution in [0, 0.1) is 11.7 Å². The number of benzene rings is 1. The third-order valence-corrected chi connectivity index (χ3v) is 3.94. The Morgan fingerprint density at radius 1 is 1.59 bits per heavy atom. The summed E-state index contributed by atoms with van der Waals surface area (Å²) in [5.74, 6) is -0.834. The molecule has 0 aliphatic carbocycles. The zero-order valence-corrected chi connectivity index (χ0v) is 11.1. The predicted octanol–water partition coefficient (Wildman–Crippen LogP) is 2.59. The molecule has 0 aromatic heterocycles. The lowest BCUT2D eigenvalue weighted by atomic mass is 10.1. The van der Waals surface area contributed by atoms with Crippen molar-refractivity contribution in [3.63, 3.8) is 0 Å². The van der Waals surface area contributed by atoms with E-state index in [2.05, 4.69) is 15.9 Å². The third kappa shape index (κ3) is 2.46. The van der Waals surface area contributed by atoms with E-state index in [1.54, 1.807) is 0 Å². The van der Waals surface area contributed by atoms with Crippen molar-refractivity contribution in [2.24, 2.45) is 5.92 Å². The number of amides is 1. The van der Waals surface area contributed by atoms with E-state index in [-0.39, 0.29) is 30.5 Å². The number of aliphatic hydroxyl groups is 1. The molecule has 6 heteroatoms. The summed E-state index contributed by atoms with van der Waals surface area (Å²) < 4.78 is 14.2. The number of hydrogen-bond acceptors (Lipinski definition) is 2. The lowest BCUT2D eigenvalue weighted by Crippen LogP contribution is -2.25. The molecule has 1 aromatic carbocycles. The summed E-state index contributed by atoms with van der Waals surface area (Å²) >= 11 is 9.00. The summed E-state index contributed by atoms with van der Waals surface area (Å²) in [4.78, 5) is 13.0. The lowest BCUT2D eigenvalue weighted by molar-refractivity contribution is -0.117. The normalized spacial score (nSPS) is 20.1. The van der Waals surface area contributed by atoms with Crippen molar-refractivity contribution in [3.05, 3.63) is 27.4 Å². The molecule has 0 saturated carbocycles. The molecule has 1 aromatic rings. The first kappa shape index (κ1) is 12.8. The Bertz CT molecular complexity index is 469. The molecular weight excluding hydrogens is 312 g/mol. The highest BCUT2D eigenvalue weighted by molar-refractivity contribution is 9.10. The summed E-state index contributed by atoms with van der Waals surface area (Å²) in [6.07, 6.45) is 0.240. The van der Waals surface area contributed by atoms with Gasteiger partial charge in [-0.1, -0.05) is 11.6 Å². The zero-order chi connectivity index (χ0) is 12.6. The van der Waals surface area contributed by atoms with Crippen molar-refractivity contribution in [1.29, 1.82) is 0 Å². The Balaban J connectivity index is 2.35. The molecular formula is C11H10BrClFNO2. The molecule has 1 unspecified atom stereocenters. The van der Waals surface area contributed by atoms with E-state index in [1.165, 1.54) is 17.0 Å². The van der Waals surface area contributed by atoms with E-state index < -0.39 is 5.82 Å². The third-order valence-electron chi connectivity index (χ3n) is 2.74. The van der Waals surface area contributed by atoms with Crippen LogP contribution in [0.25, 0.3) is 0 Å². The van der Waals surface area contributed by atoms with Crippen LogP contribution in [0.15, 0.2) is 16.6 Å². The van der Waals surface area contributed by atoms with Gasteiger partial charge in [-0.05, 0) is 28.1 Å². The van der Waals surface area contributed by atoms with Gasteiger partial charge in [0.25, 0.3) is 0 Å². The average Bonchev–Trinajstić information content (AvgIpc) is 2.65. The maximum Gasteiger partial charge on any atom is 0.227 e. The van der Waals surface area contributed by atoms with Crippen LogP contribution in [0.1, 0.15) is 6.42 Å². The van der Waals surface area contributed by atoms with Gasteiger partial charge in [-0.2, -0.15) is 0 Å². The first-order valence-electron chi connectivity index (χ1n) is 5.08. The number of carbonyl (C=O) groups is 1. The van der Waals surface area contributed by atoms with Crippen LogP contribution in [0.4, 0.5) is 10.1 Å². The molecule has 1 amide bonds. The van der Waals surface area contributed by atoms with Gasteiger partial charge >= 0.3 is 0 Å². The van der Waals surface area contributed by atoms with Gasteiger partial charge in [0.2, 0.25) is 5.91 Å². The summed E-state index contributed by atoms with van der Waals surface area (Å²) in [7, 11) is 0. The van der Waals surface area contributed by atoms with Crippen LogP contribution in [0.3, 0.4) is 0 Å². The van der Waals surface area contributed by atoms with Crippen molar-refractivity contribution in [2.45, 2.75) is 6.42 Å². The molecule has 1 aliphatic heterocycles. The first-order valence-corrected chi connectivity index (χ1v) is 6.25. The van der Waals surface area contributed by atoms with Gasteiger partial charge in [0.1, 0.15) is 5.82 Å². The van der Waals surface area contributed by atoms with Crippen molar-refractivity contribution < 1.29 is 14.3 Å². The second-order valence-electron chi connectivity index (χ2n) is 3.97. The van der Waals surface area contributed by atoms with Crippen molar-refractivity contribution in [3.8, 4) is 0 Å². The van der Waals surface area contributed by atoms with E-state index in [0.29, 0.717) is 16.0 Å². The topological polar surface area (TPSA) is 40.5 Å². The van der Waals surface area contributed by atoms with Crippen molar-refractivity contribution in [2.75, 3.05) is 18.1 Å². The first-order chi connectivity index (χ1) is 8.02. The van der Waals surface area contributed by atoms with E-state index in [4.69, 9.17) is 16.7 Å². The number of carbonyl (C=O) groups excluding carboxylic acids is 1. The summed E-state index contributed by atoms with van der Waals surface area (Å²) in [6.45, 7) is 0.248. The van der Waals surface area contributed by atoms with E-state index >= 15 is 0 Å². The van der Waals surface area contributed by atoms with Gasteiger partial charge < -0.3 is 10.0 Å². The smallest absolute Gasteiger partial charge is 0.227 e. The monoisotopic (exact) mass is 321 g/mol. The fourth-order valence-electron chi connectivity index (χ4n) is 1.86. The molecule has 1 N–H and O–H groups in total. The maximum atomic E-state index is 13.7. The lowest BCUT2D eigenvalue weighted by Gasteiger charge is -2.18. The summed E-state index contributed by atoms with van der Waals surface area (Å²) in [5, 5.41) is 9.36. The van der Waals surface area contributed by atoms with Crippen molar-refractivity contribution >= 4 is 39.1 Å². The van der Waals surface area contributed by atoms with E-state index in [1.807, 2.05) is 0 Å². The number of rotatable bonds is 2.